The van der Waals surface area contributed by atoms with E-state index in [4.69, 9.17) is 21.1 Å². The highest BCUT2D eigenvalue weighted by molar-refractivity contribution is 6.34. The third-order valence-electron chi connectivity index (χ3n) is 2.81. The molecule has 20 heavy (non-hydrogen) atoms. The minimum atomic E-state index is -0.320. The zero-order valence-electron chi connectivity index (χ0n) is 10.4. The Morgan fingerprint density at radius 3 is 2.80 bits per heavy atom. The van der Waals surface area contributed by atoms with Gasteiger partial charge in [0.05, 0.1) is 10.6 Å². The van der Waals surface area contributed by atoms with Gasteiger partial charge >= 0.3 is 0 Å². The van der Waals surface area contributed by atoms with Crippen LogP contribution in [0.1, 0.15) is 10.4 Å². The lowest BCUT2D eigenvalue weighted by molar-refractivity contribution is 0.102. The summed E-state index contributed by atoms with van der Waals surface area (Å²) in [7, 11) is 0. The molecule has 0 unspecified atom stereocenters. The summed E-state index contributed by atoms with van der Waals surface area (Å²) in [4.78, 5) is 16.0. The van der Waals surface area contributed by atoms with Crippen molar-refractivity contribution in [2.75, 3.05) is 18.5 Å². The van der Waals surface area contributed by atoms with Crippen LogP contribution in [-0.4, -0.2) is 24.1 Å². The Balaban J connectivity index is 1.81. The minimum absolute atomic E-state index is 0.320. The predicted molar refractivity (Wildman–Crippen MR) is 74.6 cm³/mol. The van der Waals surface area contributed by atoms with E-state index in [0.717, 1.165) is 0 Å². The topological polar surface area (TPSA) is 60.5 Å². The predicted octanol–water partition coefficient (Wildman–Crippen LogP) is 2.76. The molecule has 5 nitrogen and oxygen atoms in total. The highest BCUT2D eigenvalue weighted by Gasteiger charge is 2.14. The largest absolute Gasteiger partial charge is 0.486 e. The highest BCUT2D eigenvalue weighted by atomic mass is 35.5. The summed E-state index contributed by atoms with van der Waals surface area (Å²) in [6.07, 6.45) is 2.96. The zero-order valence-corrected chi connectivity index (χ0v) is 11.2. The van der Waals surface area contributed by atoms with E-state index >= 15 is 0 Å². The summed E-state index contributed by atoms with van der Waals surface area (Å²) in [5.74, 6) is 0.972. The maximum absolute atomic E-state index is 12.1. The van der Waals surface area contributed by atoms with Crippen LogP contribution in [0, 0.1) is 0 Å². The molecular formula is C14H11ClN2O3. The summed E-state index contributed by atoms with van der Waals surface area (Å²) >= 11 is 5.96. The van der Waals surface area contributed by atoms with Gasteiger partial charge < -0.3 is 14.8 Å². The van der Waals surface area contributed by atoms with Crippen LogP contribution in [0.15, 0.2) is 36.7 Å². The van der Waals surface area contributed by atoms with Crippen molar-refractivity contribution in [3.05, 3.63) is 47.2 Å². The average molecular weight is 291 g/mol. The van der Waals surface area contributed by atoms with E-state index in [-0.39, 0.29) is 5.91 Å². The number of ether oxygens (including phenoxy) is 2. The second-order valence-corrected chi connectivity index (χ2v) is 4.58. The van der Waals surface area contributed by atoms with E-state index in [1.165, 1.54) is 12.4 Å². The number of benzene rings is 1. The number of halogens is 1. The number of carbonyl (C=O) groups is 1. The number of rotatable bonds is 2. The van der Waals surface area contributed by atoms with Crippen LogP contribution in [-0.2, 0) is 0 Å². The monoisotopic (exact) mass is 290 g/mol. The number of pyridine rings is 1. The van der Waals surface area contributed by atoms with Gasteiger partial charge in [0.15, 0.2) is 11.5 Å². The lowest BCUT2D eigenvalue weighted by atomic mass is 10.2. The molecule has 102 valence electrons. The Morgan fingerprint density at radius 1 is 1.20 bits per heavy atom. The molecule has 1 aliphatic heterocycles. The van der Waals surface area contributed by atoms with Crippen molar-refractivity contribution in [2.24, 2.45) is 0 Å². The van der Waals surface area contributed by atoms with Crippen LogP contribution in [0.3, 0.4) is 0 Å². The number of carbonyl (C=O) groups excluding carboxylic acids is 1. The first-order valence-corrected chi connectivity index (χ1v) is 6.42. The second kappa shape index (κ2) is 5.38. The number of anilines is 1. The molecule has 1 aromatic carbocycles. The van der Waals surface area contributed by atoms with Gasteiger partial charge in [0.2, 0.25) is 0 Å². The number of nitrogens with zero attached hydrogens (tertiary/aromatic N) is 1. The first-order chi connectivity index (χ1) is 9.74. The summed E-state index contributed by atoms with van der Waals surface area (Å²) in [5.41, 5.74) is 0.934. The van der Waals surface area contributed by atoms with Gasteiger partial charge in [-0.3, -0.25) is 9.78 Å². The lowest BCUT2D eigenvalue weighted by Gasteiger charge is -2.19. The SMILES string of the molecule is O=C(Nc1ccc2c(c1)OCCO2)c1cnccc1Cl. The molecule has 1 amide bonds. The molecule has 6 heteroatoms. The van der Waals surface area contributed by atoms with Crippen LogP contribution in [0.4, 0.5) is 5.69 Å². The molecule has 2 aromatic rings. The van der Waals surface area contributed by atoms with Gasteiger partial charge in [0, 0.05) is 24.1 Å². The van der Waals surface area contributed by atoms with E-state index in [2.05, 4.69) is 10.3 Å². The Labute approximate surface area is 120 Å². The standard InChI is InChI=1S/C14H11ClN2O3/c15-11-3-4-16-8-10(11)14(18)17-9-1-2-12-13(7-9)20-6-5-19-12/h1-4,7-8H,5-6H2,(H,17,18). The van der Waals surface area contributed by atoms with Crippen molar-refractivity contribution in [1.82, 2.24) is 4.98 Å². The number of amides is 1. The first-order valence-electron chi connectivity index (χ1n) is 6.04. The average Bonchev–Trinajstić information content (AvgIpc) is 2.47. The first kappa shape index (κ1) is 12.7. The van der Waals surface area contributed by atoms with Gasteiger partial charge in [-0.25, -0.2) is 0 Å². The van der Waals surface area contributed by atoms with Gasteiger partial charge in [-0.15, -0.1) is 0 Å². The maximum Gasteiger partial charge on any atom is 0.258 e. The Hall–Kier alpha value is -2.27. The molecule has 0 saturated carbocycles. The summed E-state index contributed by atoms with van der Waals surface area (Å²) < 4.78 is 10.9. The molecule has 1 aliphatic rings. The molecule has 2 heterocycles. The smallest absolute Gasteiger partial charge is 0.258 e. The van der Waals surface area contributed by atoms with E-state index in [1.807, 2.05) is 0 Å². The van der Waals surface area contributed by atoms with Crippen molar-refractivity contribution in [3.63, 3.8) is 0 Å². The van der Waals surface area contributed by atoms with Crippen molar-refractivity contribution >= 4 is 23.2 Å². The van der Waals surface area contributed by atoms with Crippen LogP contribution < -0.4 is 14.8 Å². The molecule has 1 aromatic heterocycles. The molecule has 0 spiro atoms. The summed E-state index contributed by atoms with van der Waals surface area (Å²) in [6.45, 7) is 1.03. The molecule has 0 radical (unpaired) electrons. The number of hydrogen-bond acceptors (Lipinski definition) is 4. The fourth-order valence-electron chi connectivity index (χ4n) is 1.86. The molecule has 1 N–H and O–H groups in total. The second-order valence-electron chi connectivity index (χ2n) is 4.17. The quantitative estimate of drug-likeness (QED) is 0.924. The normalized spacial score (nSPS) is 12.8. The van der Waals surface area contributed by atoms with Crippen LogP contribution in [0.2, 0.25) is 5.02 Å². The Morgan fingerprint density at radius 2 is 2.00 bits per heavy atom. The highest BCUT2D eigenvalue weighted by Crippen LogP contribution is 2.32. The molecule has 0 aliphatic carbocycles. The number of aromatic nitrogens is 1. The molecule has 0 fully saturated rings. The third kappa shape index (κ3) is 2.53. The maximum atomic E-state index is 12.1. The third-order valence-corrected chi connectivity index (χ3v) is 3.14. The molecular weight excluding hydrogens is 280 g/mol. The van der Waals surface area contributed by atoms with Gasteiger partial charge in [-0.05, 0) is 18.2 Å². The fourth-order valence-corrected chi connectivity index (χ4v) is 2.06. The Kier molecular flexibility index (Phi) is 3.43. The van der Waals surface area contributed by atoms with E-state index in [1.54, 1.807) is 24.3 Å². The number of nitrogens with one attached hydrogen (secondary N) is 1. The van der Waals surface area contributed by atoms with Crippen molar-refractivity contribution in [2.45, 2.75) is 0 Å². The molecule has 0 bridgehead atoms. The van der Waals surface area contributed by atoms with Crippen molar-refractivity contribution < 1.29 is 14.3 Å². The van der Waals surface area contributed by atoms with Gasteiger partial charge in [-0.1, -0.05) is 11.6 Å². The zero-order chi connectivity index (χ0) is 13.9. The molecule has 0 atom stereocenters. The van der Waals surface area contributed by atoms with E-state index in [0.29, 0.717) is 41.0 Å². The van der Waals surface area contributed by atoms with Crippen LogP contribution in [0.5, 0.6) is 11.5 Å². The van der Waals surface area contributed by atoms with Gasteiger partial charge in [0.25, 0.3) is 5.91 Å². The fraction of sp³-hybridized carbons (Fsp3) is 0.143. The van der Waals surface area contributed by atoms with Gasteiger partial charge in [0.1, 0.15) is 13.2 Å². The minimum Gasteiger partial charge on any atom is -0.486 e. The van der Waals surface area contributed by atoms with Crippen LogP contribution >= 0.6 is 11.6 Å². The van der Waals surface area contributed by atoms with Crippen LogP contribution in [0.25, 0.3) is 0 Å². The summed E-state index contributed by atoms with van der Waals surface area (Å²) in [6, 6.07) is 6.79. The van der Waals surface area contributed by atoms with Gasteiger partial charge in [-0.2, -0.15) is 0 Å². The van der Waals surface area contributed by atoms with E-state index < -0.39 is 0 Å². The molecule has 3 rings (SSSR count). The Bertz CT molecular complexity index is 661. The van der Waals surface area contributed by atoms with Crippen molar-refractivity contribution in [1.29, 1.82) is 0 Å². The van der Waals surface area contributed by atoms with E-state index in [9.17, 15) is 4.79 Å². The summed E-state index contributed by atoms with van der Waals surface area (Å²) in [5, 5.41) is 3.11. The number of hydrogen-bond donors (Lipinski definition) is 1. The van der Waals surface area contributed by atoms with Crippen molar-refractivity contribution in [3.8, 4) is 11.5 Å². The molecule has 0 saturated heterocycles. The lowest BCUT2D eigenvalue weighted by Crippen LogP contribution is -2.16. The number of fused-ring (bicyclic) bond motifs is 1.